The number of nitrogens with one attached hydrogen (secondary N) is 1. The zero-order valence-electron chi connectivity index (χ0n) is 20.3. The van der Waals surface area contributed by atoms with Crippen LogP contribution in [0.2, 0.25) is 0 Å². The third-order valence-electron chi connectivity index (χ3n) is 6.65. The summed E-state index contributed by atoms with van der Waals surface area (Å²) in [5.74, 6) is -1.76. The molecule has 0 unspecified atom stereocenters. The predicted molar refractivity (Wildman–Crippen MR) is 131 cm³/mol. The van der Waals surface area contributed by atoms with E-state index in [0.29, 0.717) is 26.1 Å². The number of carbonyl (C=O) groups is 2. The first-order chi connectivity index (χ1) is 14.9. The van der Waals surface area contributed by atoms with E-state index in [4.69, 9.17) is 14.6 Å². The summed E-state index contributed by atoms with van der Waals surface area (Å²) >= 11 is 0. The molecule has 1 aliphatic heterocycles. The Hall–Kier alpha value is -0.710. The summed E-state index contributed by atoms with van der Waals surface area (Å²) < 4.78 is 11.3. The van der Waals surface area contributed by atoms with Crippen LogP contribution in [0, 0.1) is 0 Å². The van der Waals surface area contributed by atoms with Gasteiger partial charge in [-0.3, -0.25) is 0 Å². The number of hydrogen-bond acceptors (Lipinski definition) is 4. The van der Waals surface area contributed by atoms with E-state index in [0.717, 1.165) is 13.0 Å². The number of carbonyl (C=O) groups excluding carboxylic acids is 1. The van der Waals surface area contributed by atoms with Gasteiger partial charge in [-0.15, -0.1) is 0 Å². The molecule has 0 aromatic carbocycles. The summed E-state index contributed by atoms with van der Waals surface area (Å²) in [6, 6.07) is 0. The van der Waals surface area contributed by atoms with Crippen molar-refractivity contribution in [2.24, 2.45) is 0 Å². The van der Waals surface area contributed by atoms with Gasteiger partial charge in [0.05, 0.1) is 0 Å². The fourth-order valence-electron chi connectivity index (χ4n) is 4.70. The summed E-state index contributed by atoms with van der Waals surface area (Å²) in [6.07, 6.45) is 15.6. The molecule has 0 bridgehead atoms. The van der Waals surface area contributed by atoms with E-state index in [1.165, 1.54) is 63.2 Å². The van der Waals surface area contributed by atoms with E-state index in [9.17, 15) is 9.59 Å². The summed E-state index contributed by atoms with van der Waals surface area (Å²) in [6.45, 7) is 8.53. The fraction of sp³-hybridized carbons (Fsp3) is 0.917. The summed E-state index contributed by atoms with van der Waals surface area (Å²) in [5.41, 5.74) is 0. The van der Waals surface area contributed by atoms with E-state index >= 15 is 0 Å². The van der Waals surface area contributed by atoms with Crippen molar-refractivity contribution in [3.63, 3.8) is 0 Å². The first-order valence-corrected chi connectivity index (χ1v) is 15.5. The molecule has 0 atom stereocenters. The topological polar surface area (TPSA) is 84.9 Å². The molecular weight excluding hydrogens is 413 g/mol. The number of ether oxygens (including phenoxy) is 2. The number of unbranched alkanes of at least 4 members (excludes halogenated alkanes) is 3. The van der Waals surface area contributed by atoms with Gasteiger partial charge in [0.1, 0.15) is 0 Å². The van der Waals surface area contributed by atoms with Crippen molar-refractivity contribution in [1.29, 1.82) is 0 Å². The predicted octanol–water partition coefficient (Wildman–Crippen LogP) is 5.03. The van der Waals surface area contributed by atoms with Gasteiger partial charge in [-0.25, -0.2) is 0 Å². The number of aliphatic carboxylic acids is 1. The molecule has 1 heterocycles. The van der Waals surface area contributed by atoms with Crippen LogP contribution >= 0.6 is 7.26 Å². The van der Waals surface area contributed by atoms with Crippen molar-refractivity contribution in [3.05, 3.63) is 0 Å². The van der Waals surface area contributed by atoms with Crippen LogP contribution < -0.4 is 5.32 Å². The van der Waals surface area contributed by atoms with E-state index in [1.807, 2.05) is 0 Å². The number of hydrogen-bond donors (Lipinski definition) is 2. The third kappa shape index (κ3) is 11.6. The Morgan fingerprint density at radius 1 is 0.839 bits per heavy atom. The number of carboxylic acids is 1. The molecule has 1 saturated heterocycles. The van der Waals surface area contributed by atoms with Crippen molar-refractivity contribution in [1.82, 2.24) is 5.32 Å². The Balaban J connectivity index is 2.45. The summed E-state index contributed by atoms with van der Waals surface area (Å²) in [5, 5.41) is 12.0. The Morgan fingerprint density at radius 3 is 1.81 bits per heavy atom. The molecule has 7 heteroatoms. The van der Waals surface area contributed by atoms with Gasteiger partial charge in [0.2, 0.25) is 0 Å². The van der Waals surface area contributed by atoms with Crippen LogP contribution in [-0.2, 0) is 19.1 Å². The molecule has 0 aromatic heterocycles. The van der Waals surface area contributed by atoms with Gasteiger partial charge >= 0.3 is 190 Å². The zero-order chi connectivity index (χ0) is 23.0. The molecule has 0 spiro atoms. The summed E-state index contributed by atoms with van der Waals surface area (Å²) in [7, 11) is -1.25. The Bertz CT molecular complexity index is 486. The van der Waals surface area contributed by atoms with E-state index < -0.39 is 19.0 Å². The fourth-order valence-corrected chi connectivity index (χ4v) is 10.4. The summed E-state index contributed by atoms with van der Waals surface area (Å²) in [4.78, 5) is 23.3. The van der Waals surface area contributed by atoms with Gasteiger partial charge in [-0.05, 0) is 0 Å². The minimum absolute atomic E-state index is 0.0109. The maximum atomic E-state index is 12.4. The first kappa shape index (κ1) is 28.3. The van der Waals surface area contributed by atoms with Gasteiger partial charge < -0.3 is 0 Å². The second kappa shape index (κ2) is 16.0. The van der Waals surface area contributed by atoms with Gasteiger partial charge in [0.25, 0.3) is 0 Å². The average Bonchev–Trinajstić information content (AvgIpc) is 3.24. The van der Waals surface area contributed by atoms with Crippen LogP contribution in [0.1, 0.15) is 91.4 Å². The molecule has 2 N–H and O–H groups in total. The molecule has 1 amide bonds. The normalized spacial score (nSPS) is 16.4. The van der Waals surface area contributed by atoms with Crippen LogP contribution in [-0.4, -0.2) is 67.2 Å². The Morgan fingerprint density at radius 2 is 1.32 bits per heavy atom. The van der Waals surface area contributed by atoms with Gasteiger partial charge in [-0.1, -0.05) is 0 Å². The van der Waals surface area contributed by atoms with Crippen molar-refractivity contribution < 1.29 is 24.2 Å². The molecule has 6 nitrogen and oxygen atoms in total. The molecule has 1 rings (SSSR count). The zero-order valence-corrected chi connectivity index (χ0v) is 21.3. The average molecular weight is 462 g/mol. The second-order valence-electron chi connectivity index (χ2n) is 9.27. The van der Waals surface area contributed by atoms with Crippen molar-refractivity contribution >= 4 is 19.1 Å². The van der Waals surface area contributed by atoms with Crippen LogP contribution in [0.3, 0.4) is 0 Å². The monoisotopic (exact) mass is 461 g/mol. The Kier molecular flexibility index (Phi) is 14.6. The second-order valence-corrected chi connectivity index (χ2v) is 14.3. The van der Waals surface area contributed by atoms with Gasteiger partial charge in [0.15, 0.2) is 0 Å². The molecular formula is C24H48NO5P. The first-order valence-electron chi connectivity index (χ1n) is 12.7. The molecule has 0 saturated carbocycles. The minimum atomic E-state index is -1.25. The molecule has 0 aliphatic carbocycles. The maximum absolute atomic E-state index is 12.4. The van der Waals surface area contributed by atoms with Crippen LogP contribution in [0.25, 0.3) is 0 Å². The van der Waals surface area contributed by atoms with Crippen molar-refractivity contribution in [3.8, 4) is 0 Å². The van der Waals surface area contributed by atoms with E-state index in [-0.39, 0.29) is 18.7 Å². The number of amides is 1. The van der Waals surface area contributed by atoms with Gasteiger partial charge in [-0.2, -0.15) is 0 Å². The van der Waals surface area contributed by atoms with Crippen molar-refractivity contribution in [2.75, 3.05) is 44.4 Å². The number of rotatable bonds is 19. The number of carboxylic acid groups (broad SMARTS) is 1. The molecule has 184 valence electrons. The van der Waals surface area contributed by atoms with Crippen molar-refractivity contribution in [2.45, 2.75) is 97.2 Å². The molecule has 0 aromatic rings. The molecule has 1 fully saturated rings. The molecule has 0 radical (unpaired) electrons. The van der Waals surface area contributed by atoms with Crippen LogP contribution in [0.4, 0.5) is 0 Å². The quantitative estimate of drug-likeness (QED) is 0.208. The SMILES string of the molecule is CCCC[PH](CCCC)(CCCC)CCCNC(=O)CCC1(CCC(=O)O)OCCO1. The third-order valence-corrected chi connectivity index (χ3v) is 12.3. The van der Waals surface area contributed by atoms with Crippen LogP contribution in [0.15, 0.2) is 0 Å². The van der Waals surface area contributed by atoms with Crippen LogP contribution in [0.5, 0.6) is 0 Å². The molecule has 31 heavy (non-hydrogen) atoms. The van der Waals surface area contributed by atoms with E-state index in [1.54, 1.807) is 0 Å². The van der Waals surface area contributed by atoms with E-state index in [2.05, 4.69) is 26.1 Å². The molecule has 1 aliphatic rings. The Labute approximate surface area is 190 Å². The van der Waals surface area contributed by atoms with Gasteiger partial charge in [0, 0.05) is 0 Å². The standard InChI is InChI=1S/C24H48NO5P/c1-4-7-18-31(19-8-5-2,20-9-6-3)21-10-15-25-22(26)11-13-24(14-12-23(27)28)29-16-17-30-24/h31H,4-21H2,1-3H3,(H,25,26)(H,27,28).